The molecule has 0 bridgehead atoms. The number of amides is 1. The van der Waals surface area contributed by atoms with Crippen molar-refractivity contribution in [1.82, 2.24) is 15.3 Å². The third-order valence-corrected chi connectivity index (χ3v) is 5.92. The number of hydrogen-bond acceptors (Lipinski definition) is 6. The topological polar surface area (TPSA) is 85.1 Å². The zero-order valence-corrected chi connectivity index (χ0v) is 16.8. The molecule has 2 aromatic heterocycles. The average Bonchev–Trinajstić information content (AvgIpc) is 3.16. The summed E-state index contributed by atoms with van der Waals surface area (Å²) >= 11 is 1.27. The Morgan fingerprint density at radius 2 is 2.07 bits per heavy atom. The first-order valence-electron chi connectivity index (χ1n) is 9.31. The van der Waals surface area contributed by atoms with Gasteiger partial charge in [-0.05, 0) is 44.7 Å². The molecule has 1 aliphatic rings. The second-order valence-electron chi connectivity index (χ2n) is 7.07. The van der Waals surface area contributed by atoms with Gasteiger partial charge in [-0.15, -0.1) is 0 Å². The second-order valence-corrected chi connectivity index (χ2v) is 8.03. The normalized spacial score (nSPS) is 19.7. The Morgan fingerprint density at radius 1 is 1.30 bits per heavy atom. The monoisotopic (exact) mass is 387 g/mol. The summed E-state index contributed by atoms with van der Waals surface area (Å²) in [6.07, 6.45) is 6.14. The molecule has 7 heteroatoms. The van der Waals surface area contributed by atoms with E-state index in [1.54, 1.807) is 25.3 Å². The molecule has 2 heterocycles. The maximum Gasteiger partial charge on any atom is 0.230 e. The lowest BCUT2D eigenvalue weighted by atomic mass is 9.86. The Kier molecular flexibility index (Phi) is 6.31. The number of rotatable bonds is 6. The molecule has 0 spiro atoms. The predicted octanol–water partition coefficient (Wildman–Crippen LogP) is 4.03. The zero-order chi connectivity index (χ0) is 19.4. The van der Waals surface area contributed by atoms with E-state index in [4.69, 9.17) is 4.42 Å². The molecule has 1 saturated carbocycles. The van der Waals surface area contributed by atoms with Crippen molar-refractivity contribution in [2.24, 2.45) is 5.92 Å². The Labute approximate surface area is 163 Å². The Balaban J connectivity index is 1.74. The number of aryl methyl sites for hydroxylation is 1. The van der Waals surface area contributed by atoms with Crippen LogP contribution in [0.3, 0.4) is 0 Å². The smallest absolute Gasteiger partial charge is 0.230 e. The summed E-state index contributed by atoms with van der Waals surface area (Å²) in [5.41, 5.74) is 1.06. The molecule has 1 aliphatic carbocycles. The Morgan fingerprint density at radius 3 is 2.74 bits per heavy atom. The zero-order valence-electron chi connectivity index (χ0n) is 15.9. The van der Waals surface area contributed by atoms with E-state index in [0.717, 1.165) is 19.3 Å². The number of aromatic nitrogens is 2. The molecule has 6 nitrogen and oxygen atoms in total. The van der Waals surface area contributed by atoms with Crippen LogP contribution >= 0.6 is 11.8 Å². The van der Waals surface area contributed by atoms with Crippen LogP contribution in [-0.4, -0.2) is 33.5 Å². The van der Waals surface area contributed by atoms with Crippen LogP contribution in [0.1, 0.15) is 55.6 Å². The fourth-order valence-corrected chi connectivity index (χ4v) is 4.42. The maximum absolute atomic E-state index is 12.4. The highest BCUT2D eigenvalue weighted by Crippen LogP contribution is 2.28. The van der Waals surface area contributed by atoms with Gasteiger partial charge in [0.2, 0.25) is 5.91 Å². The van der Waals surface area contributed by atoms with Crippen molar-refractivity contribution in [3.05, 3.63) is 29.7 Å². The molecule has 0 radical (unpaired) electrons. The molecular weight excluding hydrogens is 362 g/mol. The fourth-order valence-electron chi connectivity index (χ4n) is 3.49. The van der Waals surface area contributed by atoms with Gasteiger partial charge < -0.3 is 9.73 Å². The van der Waals surface area contributed by atoms with Gasteiger partial charge in [-0.1, -0.05) is 31.5 Å². The average molecular weight is 388 g/mol. The number of nitrogens with one attached hydrogen (secondary N) is 1. The summed E-state index contributed by atoms with van der Waals surface area (Å²) in [5, 5.41) is 3.66. The summed E-state index contributed by atoms with van der Waals surface area (Å²) in [7, 11) is 0. The maximum atomic E-state index is 12.4. The van der Waals surface area contributed by atoms with Gasteiger partial charge in [0, 0.05) is 6.04 Å². The number of hydrogen-bond donors (Lipinski definition) is 1. The minimum atomic E-state index is -0.109. The molecule has 0 aromatic carbocycles. The minimum absolute atomic E-state index is 0.0240. The summed E-state index contributed by atoms with van der Waals surface area (Å²) in [6.45, 7) is 5.46. The molecule has 1 fully saturated rings. The van der Waals surface area contributed by atoms with Crippen molar-refractivity contribution in [3.63, 3.8) is 0 Å². The first kappa shape index (κ1) is 19.6. The lowest BCUT2D eigenvalue weighted by molar-refractivity contribution is -0.119. The molecule has 144 valence electrons. The van der Waals surface area contributed by atoms with E-state index in [9.17, 15) is 9.59 Å². The first-order chi connectivity index (χ1) is 13.0. The van der Waals surface area contributed by atoms with Crippen molar-refractivity contribution in [2.75, 3.05) is 5.75 Å². The summed E-state index contributed by atoms with van der Waals surface area (Å²) in [4.78, 5) is 33.4. The van der Waals surface area contributed by atoms with Crippen LogP contribution in [0.2, 0.25) is 0 Å². The van der Waals surface area contributed by atoms with Crippen LogP contribution in [0.15, 0.2) is 27.8 Å². The van der Waals surface area contributed by atoms with Crippen LogP contribution in [0, 0.1) is 12.8 Å². The summed E-state index contributed by atoms with van der Waals surface area (Å²) in [5.74, 6) is 1.55. The number of furan rings is 1. The van der Waals surface area contributed by atoms with E-state index >= 15 is 0 Å². The van der Waals surface area contributed by atoms with Gasteiger partial charge in [0.1, 0.15) is 5.03 Å². The van der Waals surface area contributed by atoms with Gasteiger partial charge in [-0.25, -0.2) is 9.97 Å². The van der Waals surface area contributed by atoms with Crippen molar-refractivity contribution >= 4 is 23.5 Å². The molecule has 2 aromatic rings. The molecule has 2 atom stereocenters. The van der Waals surface area contributed by atoms with Crippen molar-refractivity contribution < 1.29 is 14.0 Å². The highest BCUT2D eigenvalue weighted by Gasteiger charge is 2.24. The summed E-state index contributed by atoms with van der Waals surface area (Å²) < 4.78 is 5.37. The van der Waals surface area contributed by atoms with E-state index in [1.165, 1.54) is 25.1 Å². The van der Waals surface area contributed by atoms with Crippen LogP contribution in [0.5, 0.6) is 0 Å². The van der Waals surface area contributed by atoms with Gasteiger partial charge >= 0.3 is 0 Å². The fraction of sp³-hybridized carbons (Fsp3) is 0.500. The summed E-state index contributed by atoms with van der Waals surface area (Å²) in [6, 6.07) is 3.77. The van der Waals surface area contributed by atoms with Crippen molar-refractivity contribution in [1.29, 1.82) is 0 Å². The minimum Gasteiger partial charge on any atom is -0.461 e. The molecule has 0 saturated heterocycles. The molecule has 0 unspecified atom stereocenters. The number of carbonyl (C=O) groups is 2. The van der Waals surface area contributed by atoms with Crippen molar-refractivity contribution in [2.45, 2.75) is 57.5 Å². The van der Waals surface area contributed by atoms with E-state index in [-0.39, 0.29) is 23.5 Å². The quantitative estimate of drug-likeness (QED) is 0.457. The second kappa shape index (κ2) is 8.69. The molecule has 3 rings (SSSR count). The standard InChI is InChI=1S/C20H25N3O3S/c1-12-7-4-5-8-15(12)22-17(25)11-27-20-18(14(3)24)13(2)21-19(23-20)16-9-6-10-26-16/h6,9-10,12,15H,4-5,7-8,11H2,1-3H3,(H,22,25)/t12-,15+/m0/s1. The van der Waals surface area contributed by atoms with Crippen LogP contribution < -0.4 is 5.32 Å². The molecule has 0 aliphatic heterocycles. The predicted molar refractivity (Wildman–Crippen MR) is 105 cm³/mol. The van der Waals surface area contributed by atoms with Gasteiger partial charge in [0.05, 0.1) is 23.3 Å². The highest BCUT2D eigenvalue weighted by molar-refractivity contribution is 8.00. The number of nitrogens with zero attached hydrogens (tertiary/aromatic N) is 2. The van der Waals surface area contributed by atoms with Crippen molar-refractivity contribution in [3.8, 4) is 11.6 Å². The Bertz CT molecular complexity index is 820. The molecule has 27 heavy (non-hydrogen) atoms. The van der Waals surface area contributed by atoms with Crippen LogP contribution in [0.4, 0.5) is 0 Å². The van der Waals surface area contributed by atoms with Gasteiger partial charge in [-0.2, -0.15) is 0 Å². The lowest BCUT2D eigenvalue weighted by Crippen LogP contribution is -2.41. The SMILES string of the molecule is CC(=O)c1c(C)nc(-c2ccco2)nc1SCC(=O)N[C@@H]1CCCC[C@@H]1C. The number of ketones is 1. The third kappa shape index (κ3) is 4.77. The molecule has 1 N–H and O–H groups in total. The molecule has 1 amide bonds. The van der Waals surface area contributed by atoms with Gasteiger partial charge in [0.25, 0.3) is 0 Å². The number of thioether (sulfide) groups is 1. The van der Waals surface area contributed by atoms with Gasteiger partial charge in [-0.3, -0.25) is 9.59 Å². The van der Waals surface area contributed by atoms with Crippen LogP contribution in [0.25, 0.3) is 11.6 Å². The lowest BCUT2D eigenvalue weighted by Gasteiger charge is -2.29. The third-order valence-electron chi connectivity index (χ3n) is 4.95. The van der Waals surface area contributed by atoms with E-state index in [2.05, 4.69) is 22.2 Å². The van der Waals surface area contributed by atoms with Crippen LogP contribution in [-0.2, 0) is 4.79 Å². The number of carbonyl (C=O) groups excluding carboxylic acids is 2. The number of Topliss-reactive ketones (excluding diaryl/α,β-unsaturated/α-hetero) is 1. The highest BCUT2D eigenvalue weighted by atomic mass is 32.2. The first-order valence-corrected chi connectivity index (χ1v) is 10.3. The van der Waals surface area contributed by atoms with E-state index in [0.29, 0.717) is 33.8 Å². The molecular formula is C20H25N3O3S. The van der Waals surface area contributed by atoms with E-state index < -0.39 is 0 Å². The van der Waals surface area contributed by atoms with E-state index in [1.807, 2.05) is 0 Å². The van der Waals surface area contributed by atoms with Gasteiger partial charge in [0.15, 0.2) is 17.4 Å². The largest absolute Gasteiger partial charge is 0.461 e. The Hall–Kier alpha value is -2.15.